The summed E-state index contributed by atoms with van der Waals surface area (Å²) in [6.45, 7) is 7.04. The predicted molar refractivity (Wildman–Crippen MR) is 89.1 cm³/mol. The van der Waals surface area contributed by atoms with Crippen molar-refractivity contribution >= 4 is 11.9 Å². The monoisotopic (exact) mass is 343 g/mol. The Morgan fingerprint density at radius 1 is 1.28 bits per heavy atom. The molecule has 7 nitrogen and oxygen atoms in total. The number of hydrogen-bond donors (Lipinski definition) is 1. The fraction of sp³-hybridized carbons (Fsp3) is 0.294. The fourth-order valence-corrected chi connectivity index (χ4v) is 2.60. The van der Waals surface area contributed by atoms with Crippen molar-refractivity contribution in [2.75, 3.05) is 5.32 Å². The number of halogens is 1. The van der Waals surface area contributed by atoms with Gasteiger partial charge in [-0.2, -0.15) is 9.67 Å². The largest absolute Gasteiger partial charge is 0.361 e. The van der Waals surface area contributed by atoms with Crippen LogP contribution in [0.25, 0.3) is 5.69 Å². The van der Waals surface area contributed by atoms with Gasteiger partial charge >= 0.3 is 0 Å². The first-order chi connectivity index (χ1) is 11.8. The highest BCUT2D eigenvalue weighted by Crippen LogP contribution is 2.20. The average molecular weight is 343 g/mol. The highest BCUT2D eigenvalue weighted by molar-refractivity contribution is 5.91. The first-order valence-electron chi connectivity index (χ1n) is 7.77. The summed E-state index contributed by atoms with van der Waals surface area (Å²) in [4.78, 5) is 16.6. The van der Waals surface area contributed by atoms with Crippen LogP contribution in [0.2, 0.25) is 0 Å². The zero-order valence-electron chi connectivity index (χ0n) is 14.4. The second-order valence-corrected chi connectivity index (χ2v) is 5.85. The Hall–Kier alpha value is -3.03. The average Bonchev–Trinajstić information content (AvgIpc) is 3.04. The van der Waals surface area contributed by atoms with E-state index in [0.29, 0.717) is 28.5 Å². The molecule has 0 saturated carbocycles. The Kier molecular flexibility index (Phi) is 4.35. The normalized spacial score (nSPS) is 10.9. The summed E-state index contributed by atoms with van der Waals surface area (Å²) in [5.41, 5.74) is 2.76. The van der Waals surface area contributed by atoms with Crippen LogP contribution in [-0.2, 0) is 11.2 Å². The molecule has 8 heteroatoms. The van der Waals surface area contributed by atoms with Gasteiger partial charge in [-0.25, -0.2) is 4.39 Å². The van der Waals surface area contributed by atoms with Crippen molar-refractivity contribution in [3.05, 3.63) is 52.4 Å². The molecule has 0 saturated heterocycles. The van der Waals surface area contributed by atoms with E-state index in [1.54, 1.807) is 33.8 Å². The molecule has 1 N–H and O–H groups in total. The molecule has 1 aromatic carbocycles. The van der Waals surface area contributed by atoms with E-state index in [1.165, 1.54) is 16.8 Å². The maximum Gasteiger partial charge on any atom is 0.233 e. The first-order valence-corrected chi connectivity index (χ1v) is 7.77. The zero-order chi connectivity index (χ0) is 18.1. The molecule has 0 aliphatic rings. The molecule has 0 aliphatic carbocycles. The molecule has 130 valence electrons. The third-order valence-electron chi connectivity index (χ3n) is 3.87. The van der Waals surface area contributed by atoms with Crippen molar-refractivity contribution in [2.24, 2.45) is 0 Å². The molecule has 2 aromatic heterocycles. The van der Waals surface area contributed by atoms with Crippen molar-refractivity contribution in [1.82, 2.24) is 19.9 Å². The molecule has 0 spiro atoms. The van der Waals surface area contributed by atoms with Gasteiger partial charge in [-0.05, 0) is 51.5 Å². The molecule has 0 fully saturated rings. The molecule has 3 aromatic rings. The van der Waals surface area contributed by atoms with Crippen molar-refractivity contribution in [3.8, 4) is 5.69 Å². The number of nitrogens with one attached hydrogen (secondary N) is 1. The number of carbonyl (C=O) groups is 1. The lowest BCUT2D eigenvalue weighted by atomic mass is 10.1. The predicted octanol–water partition coefficient (Wildman–Crippen LogP) is 2.81. The molecular weight excluding hydrogens is 325 g/mol. The van der Waals surface area contributed by atoms with Crippen molar-refractivity contribution in [2.45, 2.75) is 34.1 Å². The maximum atomic E-state index is 13.3. The molecule has 25 heavy (non-hydrogen) atoms. The Balaban J connectivity index is 1.87. The van der Waals surface area contributed by atoms with Crippen LogP contribution >= 0.6 is 0 Å². The van der Waals surface area contributed by atoms with Gasteiger partial charge < -0.3 is 4.52 Å². The number of aryl methyl sites for hydroxylation is 4. The summed E-state index contributed by atoms with van der Waals surface area (Å²) in [5, 5.41) is 10.9. The zero-order valence-corrected chi connectivity index (χ0v) is 14.4. The number of hydrogen-bond acceptors (Lipinski definition) is 5. The summed E-state index contributed by atoms with van der Waals surface area (Å²) in [6.07, 6.45) is 0.121. The van der Waals surface area contributed by atoms with E-state index in [0.717, 1.165) is 5.56 Å². The van der Waals surface area contributed by atoms with Gasteiger partial charge in [0.2, 0.25) is 11.9 Å². The number of amides is 1. The Morgan fingerprint density at radius 2 is 2.04 bits per heavy atom. The van der Waals surface area contributed by atoms with E-state index in [4.69, 9.17) is 4.52 Å². The second-order valence-electron chi connectivity index (χ2n) is 5.85. The maximum absolute atomic E-state index is 13.3. The number of benzene rings is 1. The van der Waals surface area contributed by atoms with Gasteiger partial charge in [0.05, 0.1) is 17.8 Å². The summed E-state index contributed by atoms with van der Waals surface area (Å²) in [6, 6.07) is 4.35. The standard InChI is InChI=1S/C17H18FN5O2/c1-9-7-13(18)5-6-15(9)23-17(19-12(4)21-23)20-16(24)8-14-10(2)22-25-11(14)3/h5-7H,8H2,1-4H3,(H,19,20,21,24). The van der Waals surface area contributed by atoms with Crippen LogP contribution in [0.3, 0.4) is 0 Å². The third-order valence-corrected chi connectivity index (χ3v) is 3.87. The SMILES string of the molecule is Cc1nc(NC(=O)Cc2c(C)noc2C)n(-c2ccc(F)cc2C)n1. The van der Waals surface area contributed by atoms with Crippen LogP contribution < -0.4 is 5.32 Å². The van der Waals surface area contributed by atoms with Gasteiger partial charge in [0.15, 0.2) is 0 Å². The smallest absolute Gasteiger partial charge is 0.233 e. The molecule has 2 heterocycles. The molecule has 3 rings (SSSR count). The van der Waals surface area contributed by atoms with Crippen LogP contribution in [-0.4, -0.2) is 25.8 Å². The summed E-state index contributed by atoms with van der Waals surface area (Å²) >= 11 is 0. The first kappa shape index (κ1) is 16.8. The minimum Gasteiger partial charge on any atom is -0.361 e. The van der Waals surface area contributed by atoms with E-state index < -0.39 is 0 Å². The minimum absolute atomic E-state index is 0.121. The Morgan fingerprint density at radius 3 is 2.68 bits per heavy atom. The van der Waals surface area contributed by atoms with E-state index in [1.807, 2.05) is 0 Å². The van der Waals surface area contributed by atoms with E-state index in [2.05, 4.69) is 20.6 Å². The summed E-state index contributed by atoms with van der Waals surface area (Å²) in [7, 11) is 0. The number of carbonyl (C=O) groups excluding carboxylic acids is 1. The minimum atomic E-state index is -0.331. The Bertz CT molecular complexity index is 925. The number of nitrogens with zero attached hydrogens (tertiary/aromatic N) is 4. The number of anilines is 1. The van der Waals surface area contributed by atoms with E-state index >= 15 is 0 Å². The van der Waals surface area contributed by atoms with Crippen molar-refractivity contribution in [3.63, 3.8) is 0 Å². The highest BCUT2D eigenvalue weighted by atomic mass is 19.1. The summed E-state index contributed by atoms with van der Waals surface area (Å²) in [5.74, 6) is 0.796. The topological polar surface area (TPSA) is 85.8 Å². The molecule has 0 radical (unpaired) electrons. The van der Waals surface area contributed by atoms with Gasteiger partial charge in [-0.15, -0.1) is 5.10 Å². The van der Waals surface area contributed by atoms with Crippen LogP contribution in [0, 0.1) is 33.5 Å². The van der Waals surface area contributed by atoms with Crippen LogP contribution in [0.1, 0.15) is 28.4 Å². The number of aromatic nitrogens is 4. The van der Waals surface area contributed by atoms with Gasteiger partial charge in [0.25, 0.3) is 0 Å². The Labute approximate surface area is 143 Å². The lowest BCUT2D eigenvalue weighted by molar-refractivity contribution is -0.115. The lowest BCUT2D eigenvalue weighted by Crippen LogP contribution is -2.18. The van der Waals surface area contributed by atoms with E-state index in [9.17, 15) is 9.18 Å². The van der Waals surface area contributed by atoms with Gasteiger partial charge in [0.1, 0.15) is 17.4 Å². The van der Waals surface area contributed by atoms with Crippen molar-refractivity contribution in [1.29, 1.82) is 0 Å². The molecular formula is C17H18FN5O2. The van der Waals surface area contributed by atoms with Gasteiger partial charge in [-0.1, -0.05) is 5.16 Å². The van der Waals surface area contributed by atoms with E-state index in [-0.39, 0.29) is 24.1 Å². The van der Waals surface area contributed by atoms with Gasteiger partial charge in [0, 0.05) is 5.56 Å². The molecule has 0 unspecified atom stereocenters. The van der Waals surface area contributed by atoms with Gasteiger partial charge in [-0.3, -0.25) is 10.1 Å². The highest BCUT2D eigenvalue weighted by Gasteiger charge is 2.17. The third kappa shape index (κ3) is 3.42. The molecule has 0 aliphatic heterocycles. The fourth-order valence-electron chi connectivity index (χ4n) is 2.60. The van der Waals surface area contributed by atoms with Crippen LogP contribution in [0.4, 0.5) is 10.3 Å². The van der Waals surface area contributed by atoms with Crippen LogP contribution in [0.15, 0.2) is 22.7 Å². The number of rotatable bonds is 4. The molecule has 0 atom stereocenters. The quantitative estimate of drug-likeness (QED) is 0.787. The molecule has 0 bridgehead atoms. The van der Waals surface area contributed by atoms with Crippen molar-refractivity contribution < 1.29 is 13.7 Å². The van der Waals surface area contributed by atoms with Crippen LogP contribution in [0.5, 0.6) is 0 Å². The summed E-state index contributed by atoms with van der Waals surface area (Å²) < 4.78 is 19.9. The lowest BCUT2D eigenvalue weighted by Gasteiger charge is -2.10. The second kappa shape index (κ2) is 6.46. The molecule has 1 amide bonds.